The lowest BCUT2D eigenvalue weighted by Gasteiger charge is -2.17. The minimum atomic E-state index is 0.436. The monoisotopic (exact) mass is 345 g/mol. The van der Waals surface area contributed by atoms with Crippen LogP contribution in [0.1, 0.15) is 0 Å². The van der Waals surface area contributed by atoms with Crippen LogP contribution in [0.3, 0.4) is 0 Å². The molecule has 0 unspecified atom stereocenters. The highest BCUT2D eigenvalue weighted by atomic mass is 35.5. The molecule has 7 heteroatoms. The molecule has 3 rings (SSSR count). The Balaban J connectivity index is 1.87. The number of anilines is 4. The van der Waals surface area contributed by atoms with E-state index in [1.807, 2.05) is 54.4 Å². The molecule has 1 aromatic heterocycles. The Bertz CT molecular complexity index is 811. The lowest BCUT2D eigenvalue weighted by molar-refractivity contribution is 0.932. The molecule has 0 radical (unpaired) electrons. The van der Waals surface area contributed by atoms with Gasteiger partial charge in [0.1, 0.15) is 0 Å². The van der Waals surface area contributed by atoms with Crippen molar-refractivity contribution in [2.45, 2.75) is 0 Å². The smallest absolute Gasteiger partial charge is 0.251 e. The molecule has 0 aliphatic rings. The second-order valence-corrected chi connectivity index (χ2v) is 5.55. The molecule has 0 saturated carbocycles. The molecular formula is C16H13Cl2N5. The van der Waals surface area contributed by atoms with Crippen LogP contribution < -0.4 is 10.2 Å². The van der Waals surface area contributed by atoms with Gasteiger partial charge in [-0.15, -0.1) is 5.10 Å². The zero-order valence-electron chi connectivity index (χ0n) is 12.2. The van der Waals surface area contributed by atoms with Gasteiger partial charge in [0.2, 0.25) is 0 Å². The maximum Gasteiger partial charge on any atom is 0.251 e. The third-order valence-electron chi connectivity index (χ3n) is 3.21. The van der Waals surface area contributed by atoms with Crippen molar-refractivity contribution in [2.75, 3.05) is 17.3 Å². The standard InChI is InChI=1S/C16H13Cl2N5/c1-23(11-6-3-2-4-7-11)16-21-14(10-19-22-16)20-13-9-5-8-12(17)15(13)18/h2-10H,1H3,(H,20,21,22). The molecule has 3 aromatic rings. The quantitative estimate of drug-likeness (QED) is 0.743. The Hall–Kier alpha value is -2.37. The fraction of sp³-hybridized carbons (Fsp3) is 0.0625. The first-order valence-corrected chi connectivity index (χ1v) is 7.60. The lowest BCUT2D eigenvalue weighted by atomic mass is 10.3. The summed E-state index contributed by atoms with van der Waals surface area (Å²) in [6, 6.07) is 15.1. The van der Waals surface area contributed by atoms with Gasteiger partial charge in [0.15, 0.2) is 5.82 Å². The summed E-state index contributed by atoms with van der Waals surface area (Å²) in [5, 5.41) is 12.1. The fourth-order valence-corrected chi connectivity index (χ4v) is 2.35. The zero-order chi connectivity index (χ0) is 16.2. The minimum Gasteiger partial charge on any atom is -0.338 e. The summed E-state index contributed by atoms with van der Waals surface area (Å²) in [5.74, 6) is 1.00. The Morgan fingerprint density at radius 3 is 2.57 bits per heavy atom. The van der Waals surface area contributed by atoms with Crippen molar-refractivity contribution in [2.24, 2.45) is 0 Å². The van der Waals surface area contributed by atoms with Gasteiger partial charge in [-0.2, -0.15) is 10.1 Å². The normalized spacial score (nSPS) is 10.4. The Kier molecular flexibility index (Phi) is 4.60. The Morgan fingerprint density at radius 2 is 1.78 bits per heavy atom. The maximum absolute atomic E-state index is 6.17. The molecule has 1 heterocycles. The van der Waals surface area contributed by atoms with Crippen molar-refractivity contribution in [1.29, 1.82) is 0 Å². The van der Waals surface area contributed by atoms with E-state index in [9.17, 15) is 0 Å². The zero-order valence-corrected chi connectivity index (χ0v) is 13.8. The number of hydrogen-bond donors (Lipinski definition) is 1. The van der Waals surface area contributed by atoms with E-state index >= 15 is 0 Å². The van der Waals surface area contributed by atoms with Crippen molar-refractivity contribution >= 4 is 46.3 Å². The summed E-state index contributed by atoms with van der Waals surface area (Å²) in [6.07, 6.45) is 1.53. The molecule has 0 fully saturated rings. The van der Waals surface area contributed by atoms with Crippen molar-refractivity contribution in [3.05, 3.63) is 64.8 Å². The number of benzene rings is 2. The highest BCUT2D eigenvalue weighted by Gasteiger charge is 2.10. The molecule has 0 aliphatic carbocycles. The third kappa shape index (κ3) is 3.52. The van der Waals surface area contributed by atoms with Gasteiger partial charge in [-0.05, 0) is 24.3 Å². The number of nitrogens with zero attached hydrogens (tertiary/aromatic N) is 4. The summed E-state index contributed by atoms with van der Waals surface area (Å²) in [5.41, 5.74) is 1.63. The van der Waals surface area contributed by atoms with Crippen LogP contribution in [0.2, 0.25) is 10.0 Å². The van der Waals surface area contributed by atoms with Gasteiger partial charge in [-0.3, -0.25) is 0 Å². The molecule has 23 heavy (non-hydrogen) atoms. The summed E-state index contributed by atoms with van der Waals surface area (Å²) in [4.78, 5) is 6.30. The highest BCUT2D eigenvalue weighted by molar-refractivity contribution is 6.43. The number of aromatic nitrogens is 3. The van der Waals surface area contributed by atoms with Gasteiger partial charge in [-0.25, -0.2) is 0 Å². The number of para-hydroxylation sites is 1. The van der Waals surface area contributed by atoms with Gasteiger partial charge < -0.3 is 10.2 Å². The molecule has 0 amide bonds. The van der Waals surface area contributed by atoms with Crippen molar-refractivity contribution < 1.29 is 0 Å². The van der Waals surface area contributed by atoms with Crippen LogP contribution in [-0.2, 0) is 0 Å². The van der Waals surface area contributed by atoms with E-state index in [0.29, 0.717) is 27.5 Å². The Morgan fingerprint density at radius 1 is 1.00 bits per heavy atom. The second kappa shape index (κ2) is 6.81. The van der Waals surface area contributed by atoms with Gasteiger partial charge in [0.25, 0.3) is 5.95 Å². The minimum absolute atomic E-state index is 0.436. The Labute approximate surface area is 143 Å². The van der Waals surface area contributed by atoms with Crippen molar-refractivity contribution in [3.8, 4) is 0 Å². The van der Waals surface area contributed by atoms with Crippen LogP contribution in [0.15, 0.2) is 54.7 Å². The predicted molar refractivity (Wildman–Crippen MR) is 94.1 cm³/mol. The van der Waals surface area contributed by atoms with E-state index in [2.05, 4.69) is 20.5 Å². The highest BCUT2D eigenvalue weighted by Crippen LogP contribution is 2.31. The van der Waals surface area contributed by atoms with E-state index in [1.54, 1.807) is 6.07 Å². The van der Waals surface area contributed by atoms with Crippen LogP contribution in [-0.4, -0.2) is 22.2 Å². The molecular weight excluding hydrogens is 333 g/mol. The summed E-state index contributed by atoms with van der Waals surface area (Å²) < 4.78 is 0. The number of nitrogens with one attached hydrogen (secondary N) is 1. The maximum atomic E-state index is 6.17. The van der Waals surface area contributed by atoms with Crippen LogP contribution in [0.5, 0.6) is 0 Å². The molecule has 0 bridgehead atoms. The molecule has 5 nitrogen and oxygen atoms in total. The van der Waals surface area contributed by atoms with E-state index in [1.165, 1.54) is 6.20 Å². The summed E-state index contributed by atoms with van der Waals surface area (Å²) in [7, 11) is 1.88. The second-order valence-electron chi connectivity index (χ2n) is 4.76. The lowest BCUT2D eigenvalue weighted by Crippen LogP contribution is -2.14. The van der Waals surface area contributed by atoms with Crippen molar-refractivity contribution in [3.63, 3.8) is 0 Å². The molecule has 116 valence electrons. The molecule has 0 saturated heterocycles. The first-order chi connectivity index (χ1) is 11.1. The van der Waals surface area contributed by atoms with Crippen LogP contribution >= 0.6 is 23.2 Å². The largest absolute Gasteiger partial charge is 0.338 e. The van der Waals surface area contributed by atoms with E-state index in [0.717, 1.165) is 5.69 Å². The summed E-state index contributed by atoms with van der Waals surface area (Å²) in [6.45, 7) is 0. The number of rotatable bonds is 4. The molecule has 2 aromatic carbocycles. The van der Waals surface area contributed by atoms with Gasteiger partial charge >= 0.3 is 0 Å². The number of hydrogen-bond acceptors (Lipinski definition) is 5. The average Bonchev–Trinajstić information content (AvgIpc) is 2.59. The SMILES string of the molecule is CN(c1ccccc1)c1nncc(Nc2cccc(Cl)c2Cl)n1. The van der Waals surface area contributed by atoms with E-state index < -0.39 is 0 Å². The topological polar surface area (TPSA) is 53.9 Å². The van der Waals surface area contributed by atoms with Gasteiger partial charge in [-0.1, -0.05) is 47.5 Å². The summed E-state index contributed by atoms with van der Waals surface area (Å²) >= 11 is 12.2. The number of halogens is 2. The average molecular weight is 346 g/mol. The molecule has 1 N–H and O–H groups in total. The van der Waals surface area contributed by atoms with Crippen molar-refractivity contribution in [1.82, 2.24) is 15.2 Å². The predicted octanol–water partition coefficient (Wildman–Crippen LogP) is 4.69. The van der Waals surface area contributed by atoms with Gasteiger partial charge in [0.05, 0.1) is 21.9 Å². The van der Waals surface area contributed by atoms with Crippen LogP contribution in [0, 0.1) is 0 Å². The first-order valence-electron chi connectivity index (χ1n) is 6.84. The first kappa shape index (κ1) is 15.5. The fourth-order valence-electron chi connectivity index (χ4n) is 2.00. The van der Waals surface area contributed by atoms with E-state index in [-0.39, 0.29) is 0 Å². The molecule has 0 spiro atoms. The van der Waals surface area contributed by atoms with Crippen LogP contribution in [0.4, 0.5) is 23.1 Å². The third-order valence-corrected chi connectivity index (χ3v) is 4.02. The van der Waals surface area contributed by atoms with Gasteiger partial charge in [0, 0.05) is 12.7 Å². The molecule has 0 atom stereocenters. The van der Waals surface area contributed by atoms with E-state index in [4.69, 9.17) is 23.2 Å². The molecule has 0 aliphatic heterocycles. The van der Waals surface area contributed by atoms with Crippen LogP contribution in [0.25, 0.3) is 0 Å².